The van der Waals surface area contributed by atoms with Crippen LogP contribution in [0.1, 0.15) is 11.7 Å². The van der Waals surface area contributed by atoms with Gasteiger partial charge in [-0.1, -0.05) is 18.2 Å². The number of alkyl halides is 1. The number of pyridine rings is 1. The molecule has 2 nitrogen and oxygen atoms in total. The molecular weight excluding hydrogens is 181 g/mol. The molecule has 0 saturated heterocycles. The first-order valence-electron chi connectivity index (χ1n) is 4.54. The van der Waals surface area contributed by atoms with Crippen LogP contribution >= 0.6 is 0 Å². The van der Waals surface area contributed by atoms with E-state index in [-0.39, 0.29) is 12.1 Å². The van der Waals surface area contributed by atoms with Gasteiger partial charge in [-0.05, 0) is 11.5 Å². The highest BCUT2D eigenvalue weighted by Crippen LogP contribution is 2.32. The number of hydrogen-bond acceptors (Lipinski definition) is 1. The zero-order valence-electron chi connectivity index (χ0n) is 7.40. The van der Waals surface area contributed by atoms with E-state index < -0.39 is 6.17 Å². The topological polar surface area (TPSA) is 22.0 Å². The van der Waals surface area contributed by atoms with E-state index in [1.54, 1.807) is 12.1 Å². The molecule has 14 heavy (non-hydrogen) atoms. The summed E-state index contributed by atoms with van der Waals surface area (Å²) in [6.07, 6.45) is -1.03. The van der Waals surface area contributed by atoms with Crippen molar-refractivity contribution in [1.29, 1.82) is 0 Å². The molecule has 0 radical (unpaired) electrons. The molecule has 3 rings (SSSR count). The maximum absolute atomic E-state index is 13.5. The van der Waals surface area contributed by atoms with Gasteiger partial charge in [-0.15, -0.1) is 0 Å². The Kier molecular flexibility index (Phi) is 1.35. The molecule has 0 N–H and O–H groups in total. The Labute approximate surface area is 79.6 Å². The van der Waals surface area contributed by atoms with E-state index in [1.807, 2.05) is 12.1 Å². The molecule has 0 spiro atoms. The van der Waals surface area contributed by atoms with Crippen LogP contribution in [0.4, 0.5) is 4.39 Å². The molecule has 1 unspecified atom stereocenters. The molecular formula is C11H8FNO. The van der Waals surface area contributed by atoms with Crippen molar-refractivity contribution in [3.05, 3.63) is 46.2 Å². The summed E-state index contributed by atoms with van der Waals surface area (Å²) in [5.74, 6) is 0. The Bertz CT molecular complexity index is 573. The maximum Gasteiger partial charge on any atom is 0.251 e. The minimum Gasteiger partial charge on any atom is -0.305 e. The number of hydrogen-bond donors (Lipinski definition) is 0. The molecule has 0 aliphatic carbocycles. The molecule has 0 fully saturated rings. The van der Waals surface area contributed by atoms with Crippen molar-refractivity contribution < 1.29 is 4.39 Å². The van der Waals surface area contributed by atoms with Crippen molar-refractivity contribution in [2.24, 2.45) is 0 Å². The van der Waals surface area contributed by atoms with Gasteiger partial charge in [0.25, 0.3) is 5.56 Å². The summed E-state index contributed by atoms with van der Waals surface area (Å²) in [5, 5.41) is 0.933. The van der Waals surface area contributed by atoms with Gasteiger partial charge in [-0.3, -0.25) is 4.79 Å². The van der Waals surface area contributed by atoms with Crippen molar-refractivity contribution in [1.82, 2.24) is 4.57 Å². The lowest BCUT2D eigenvalue weighted by Gasteiger charge is -2.01. The molecule has 2 heterocycles. The lowest BCUT2D eigenvalue weighted by Crippen LogP contribution is -2.16. The third-order valence-corrected chi connectivity index (χ3v) is 2.72. The van der Waals surface area contributed by atoms with Crippen molar-refractivity contribution in [2.75, 3.05) is 0 Å². The second kappa shape index (κ2) is 2.44. The minimum atomic E-state index is -1.03. The molecule has 0 bridgehead atoms. The lowest BCUT2D eigenvalue weighted by atomic mass is 10.1. The normalized spacial score (nSPS) is 19.1. The van der Waals surface area contributed by atoms with Gasteiger partial charge in [0.15, 0.2) is 0 Å². The fourth-order valence-corrected chi connectivity index (χ4v) is 2.08. The van der Waals surface area contributed by atoms with Gasteiger partial charge in [0, 0.05) is 11.6 Å². The summed E-state index contributed by atoms with van der Waals surface area (Å²) < 4.78 is 15.0. The molecule has 70 valence electrons. The molecule has 1 aliphatic rings. The van der Waals surface area contributed by atoms with Gasteiger partial charge in [-0.2, -0.15) is 0 Å². The van der Waals surface area contributed by atoms with Gasteiger partial charge in [-0.25, -0.2) is 4.39 Å². The lowest BCUT2D eigenvalue weighted by molar-refractivity contribution is 0.322. The summed E-state index contributed by atoms with van der Waals surface area (Å²) in [5.41, 5.74) is 1.28. The first kappa shape index (κ1) is 7.74. The number of benzene rings is 1. The molecule has 2 aromatic rings. The Morgan fingerprint density at radius 2 is 2.14 bits per heavy atom. The van der Waals surface area contributed by atoms with Crippen LogP contribution in [-0.4, -0.2) is 4.57 Å². The Balaban J connectivity index is 2.58. The summed E-state index contributed by atoms with van der Waals surface area (Å²) in [4.78, 5) is 11.4. The van der Waals surface area contributed by atoms with Gasteiger partial charge >= 0.3 is 0 Å². The van der Waals surface area contributed by atoms with Crippen LogP contribution in [0.3, 0.4) is 0 Å². The predicted molar refractivity (Wildman–Crippen MR) is 52.1 cm³/mol. The van der Waals surface area contributed by atoms with E-state index in [9.17, 15) is 9.18 Å². The van der Waals surface area contributed by atoms with Crippen LogP contribution in [0, 0.1) is 0 Å². The highest BCUT2D eigenvalue weighted by molar-refractivity contribution is 5.83. The number of para-hydroxylation sites is 1. The van der Waals surface area contributed by atoms with Crippen LogP contribution in [0.5, 0.6) is 0 Å². The van der Waals surface area contributed by atoms with Gasteiger partial charge in [0.2, 0.25) is 0 Å². The smallest absolute Gasteiger partial charge is 0.251 e. The maximum atomic E-state index is 13.5. The van der Waals surface area contributed by atoms with Crippen molar-refractivity contribution >= 4 is 10.9 Å². The largest absolute Gasteiger partial charge is 0.305 e. The third-order valence-electron chi connectivity index (χ3n) is 2.72. The van der Waals surface area contributed by atoms with Crippen LogP contribution in [-0.2, 0) is 6.54 Å². The molecule has 1 aliphatic heterocycles. The van der Waals surface area contributed by atoms with E-state index in [2.05, 4.69) is 0 Å². The van der Waals surface area contributed by atoms with Crippen molar-refractivity contribution in [2.45, 2.75) is 12.7 Å². The summed E-state index contributed by atoms with van der Waals surface area (Å²) >= 11 is 0. The van der Waals surface area contributed by atoms with Crippen LogP contribution in [0.15, 0.2) is 35.1 Å². The monoisotopic (exact) mass is 189 g/mol. The number of rotatable bonds is 0. The van der Waals surface area contributed by atoms with E-state index in [4.69, 9.17) is 0 Å². The van der Waals surface area contributed by atoms with Crippen LogP contribution in [0.2, 0.25) is 0 Å². The quantitative estimate of drug-likeness (QED) is 0.621. The average Bonchev–Trinajstić information content (AvgIpc) is 2.53. The average molecular weight is 189 g/mol. The van der Waals surface area contributed by atoms with Gasteiger partial charge < -0.3 is 4.57 Å². The van der Waals surface area contributed by atoms with Gasteiger partial charge in [0.1, 0.15) is 6.17 Å². The standard InChI is InChI=1S/C11H8FNO/c12-9-6-13-10(14)5-4-7-2-1-3-8(9)11(7)13/h1-5,9H,6H2. The predicted octanol–water partition coefficient (Wildman–Crippen LogP) is 2.03. The molecule has 3 heteroatoms. The first-order chi connectivity index (χ1) is 6.77. The molecule has 0 saturated carbocycles. The van der Waals surface area contributed by atoms with E-state index in [0.717, 1.165) is 10.9 Å². The fourth-order valence-electron chi connectivity index (χ4n) is 2.08. The zero-order chi connectivity index (χ0) is 9.71. The van der Waals surface area contributed by atoms with Gasteiger partial charge in [0.05, 0.1) is 12.1 Å². The fraction of sp³-hybridized carbons (Fsp3) is 0.182. The first-order valence-corrected chi connectivity index (χ1v) is 4.54. The highest BCUT2D eigenvalue weighted by atomic mass is 19.1. The zero-order valence-corrected chi connectivity index (χ0v) is 7.40. The minimum absolute atomic E-state index is 0.120. The third kappa shape index (κ3) is 0.816. The highest BCUT2D eigenvalue weighted by Gasteiger charge is 2.23. The summed E-state index contributed by atoms with van der Waals surface area (Å²) in [6.45, 7) is 0.162. The number of aromatic nitrogens is 1. The van der Waals surface area contributed by atoms with Crippen LogP contribution in [0.25, 0.3) is 10.9 Å². The molecule has 1 aromatic heterocycles. The van der Waals surface area contributed by atoms with E-state index >= 15 is 0 Å². The summed E-state index contributed by atoms with van der Waals surface area (Å²) in [7, 11) is 0. The van der Waals surface area contributed by atoms with E-state index in [0.29, 0.717) is 5.56 Å². The SMILES string of the molecule is O=c1ccc2cccc3c2n1CC3F. The van der Waals surface area contributed by atoms with Crippen LogP contribution < -0.4 is 5.56 Å². The Morgan fingerprint density at radius 1 is 1.29 bits per heavy atom. The Hall–Kier alpha value is -1.64. The molecule has 1 aromatic carbocycles. The number of halogens is 1. The second-order valence-corrected chi connectivity index (χ2v) is 3.53. The molecule has 1 atom stereocenters. The van der Waals surface area contributed by atoms with E-state index in [1.165, 1.54) is 10.6 Å². The number of nitrogens with zero attached hydrogens (tertiary/aromatic N) is 1. The summed E-state index contributed by atoms with van der Waals surface area (Å²) in [6, 6.07) is 8.70. The van der Waals surface area contributed by atoms with Crippen molar-refractivity contribution in [3.63, 3.8) is 0 Å². The second-order valence-electron chi connectivity index (χ2n) is 3.53. The molecule has 0 amide bonds. The van der Waals surface area contributed by atoms with Crippen molar-refractivity contribution in [3.8, 4) is 0 Å². The Morgan fingerprint density at radius 3 is 3.00 bits per heavy atom.